The fraction of sp³-hybridized carbons (Fsp3) is 0.476. The molecule has 1 atom stereocenters. The van der Waals surface area contributed by atoms with Crippen molar-refractivity contribution in [3.63, 3.8) is 0 Å². The predicted molar refractivity (Wildman–Crippen MR) is 109 cm³/mol. The molecule has 1 aliphatic heterocycles. The highest BCUT2D eigenvalue weighted by Crippen LogP contribution is 2.29. The number of rotatable bonds is 8. The van der Waals surface area contributed by atoms with E-state index in [-0.39, 0.29) is 30.9 Å². The van der Waals surface area contributed by atoms with Gasteiger partial charge >= 0.3 is 6.18 Å². The molecule has 8 nitrogen and oxygen atoms in total. The van der Waals surface area contributed by atoms with Crippen LogP contribution in [-0.4, -0.2) is 60.4 Å². The van der Waals surface area contributed by atoms with Gasteiger partial charge in [-0.1, -0.05) is 0 Å². The van der Waals surface area contributed by atoms with Crippen LogP contribution < -0.4 is 19.7 Å². The van der Waals surface area contributed by atoms with Crippen molar-refractivity contribution in [3.05, 3.63) is 42.2 Å². The lowest BCUT2D eigenvalue weighted by Crippen LogP contribution is -2.43. The summed E-state index contributed by atoms with van der Waals surface area (Å²) >= 11 is 0. The first-order chi connectivity index (χ1) is 15.3. The topological polar surface area (TPSA) is 96.8 Å². The number of benzene rings is 1. The summed E-state index contributed by atoms with van der Waals surface area (Å²) < 4.78 is 49.1. The van der Waals surface area contributed by atoms with Crippen LogP contribution in [0, 0.1) is 5.92 Å². The van der Waals surface area contributed by atoms with Gasteiger partial charge in [0.05, 0.1) is 7.11 Å². The Bertz CT molecular complexity index is 887. The molecule has 0 bridgehead atoms. The summed E-state index contributed by atoms with van der Waals surface area (Å²) in [5, 5.41) is 12.8. The first kappa shape index (κ1) is 23.6. The van der Waals surface area contributed by atoms with Gasteiger partial charge in [0.25, 0.3) is 0 Å². The monoisotopic (exact) mass is 454 g/mol. The number of ether oxygens (including phenoxy) is 2. The first-order valence-electron chi connectivity index (χ1n) is 10.1. The van der Waals surface area contributed by atoms with Crippen molar-refractivity contribution in [2.45, 2.75) is 25.1 Å². The van der Waals surface area contributed by atoms with Crippen LogP contribution in [0.15, 0.2) is 36.5 Å². The summed E-state index contributed by atoms with van der Waals surface area (Å²) in [6.45, 7) is 0.773. The number of amides is 1. The van der Waals surface area contributed by atoms with E-state index in [0.717, 1.165) is 12.3 Å². The number of alkyl halides is 3. The summed E-state index contributed by atoms with van der Waals surface area (Å²) in [5.74, 6) is 0.755. The third-order valence-corrected chi connectivity index (χ3v) is 5.10. The van der Waals surface area contributed by atoms with E-state index < -0.39 is 18.0 Å². The van der Waals surface area contributed by atoms with Gasteiger partial charge in [0, 0.05) is 31.7 Å². The molecule has 1 fully saturated rings. The van der Waals surface area contributed by atoms with E-state index >= 15 is 0 Å². The zero-order valence-corrected chi connectivity index (χ0v) is 17.5. The number of carbonyl (C=O) groups is 1. The highest BCUT2D eigenvalue weighted by atomic mass is 19.4. The average molecular weight is 454 g/mol. The molecule has 1 aliphatic rings. The molecule has 174 valence electrons. The summed E-state index contributed by atoms with van der Waals surface area (Å²) in [7, 11) is 1.56. The van der Waals surface area contributed by atoms with E-state index in [1.54, 1.807) is 36.3 Å². The van der Waals surface area contributed by atoms with E-state index in [9.17, 15) is 23.1 Å². The minimum Gasteiger partial charge on any atom is -0.497 e. The second-order valence-corrected chi connectivity index (χ2v) is 7.39. The number of hydrogen-bond acceptors (Lipinski definition) is 7. The first-order valence-corrected chi connectivity index (χ1v) is 10.1. The van der Waals surface area contributed by atoms with E-state index in [2.05, 4.69) is 15.3 Å². The maximum absolute atomic E-state index is 12.8. The number of aromatic nitrogens is 2. The lowest BCUT2D eigenvalue weighted by molar-refractivity contribution is -0.141. The standard InChI is InChI=1S/C21H25F3N4O4/c1-31-16-2-4-17(5-3-16)32-13-15(29)12-26-19(30)14-7-10-28(11-8-14)20-25-9-6-18(27-20)21(22,23)24/h2-6,9,14-15,29H,7-8,10-13H2,1H3,(H,26,30)/t15-/m0/s1. The Balaban J connectivity index is 1.40. The van der Waals surface area contributed by atoms with Crippen LogP contribution in [-0.2, 0) is 11.0 Å². The van der Waals surface area contributed by atoms with E-state index in [1.807, 2.05) is 0 Å². The normalized spacial score (nSPS) is 15.8. The molecule has 1 amide bonds. The molecule has 0 saturated carbocycles. The van der Waals surface area contributed by atoms with Crippen molar-refractivity contribution in [2.75, 3.05) is 38.3 Å². The second kappa shape index (κ2) is 10.5. The number of halogens is 3. The van der Waals surface area contributed by atoms with Crippen molar-refractivity contribution in [2.24, 2.45) is 5.92 Å². The number of hydrogen-bond donors (Lipinski definition) is 2. The molecule has 0 spiro atoms. The van der Waals surface area contributed by atoms with Gasteiger partial charge in [-0.2, -0.15) is 13.2 Å². The molecule has 0 aliphatic carbocycles. The molecule has 11 heteroatoms. The Labute approximate surface area is 183 Å². The van der Waals surface area contributed by atoms with Crippen LogP contribution in [0.4, 0.5) is 19.1 Å². The zero-order valence-electron chi connectivity index (χ0n) is 17.5. The Morgan fingerprint density at radius 2 is 1.88 bits per heavy atom. The van der Waals surface area contributed by atoms with E-state index in [0.29, 0.717) is 37.4 Å². The Kier molecular flexibility index (Phi) is 7.73. The third kappa shape index (κ3) is 6.46. The second-order valence-electron chi connectivity index (χ2n) is 7.39. The predicted octanol–water partition coefficient (Wildman–Crippen LogP) is 2.28. The Morgan fingerprint density at radius 3 is 2.50 bits per heavy atom. The molecular weight excluding hydrogens is 429 g/mol. The van der Waals surface area contributed by atoms with Gasteiger partial charge in [-0.15, -0.1) is 0 Å². The number of nitrogens with zero attached hydrogens (tertiary/aromatic N) is 3. The van der Waals surface area contributed by atoms with Crippen LogP contribution in [0.2, 0.25) is 0 Å². The zero-order chi connectivity index (χ0) is 23.1. The van der Waals surface area contributed by atoms with Gasteiger partial charge in [-0.3, -0.25) is 4.79 Å². The van der Waals surface area contributed by atoms with E-state index in [4.69, 9.17) is 9.47 Å². The highest BCUT2D eigenvalue weighted by molar-refractivity contribution is 5.79. The van der Waals surface area contributed by atoms with Gasteiger partial charge in [0.1, 0.15) is 29.9 Å². The van der Waals surface area contributed by atoms with Crippen molar-refractivity contribution in [3.8, 4) is 11.5 Å². The Morgan fingerprint density at radius 1 is 1.22 bits per heavy atom. The lowest BCUT2D eigenvalue weighted by atomic mass is 9.96. The molecule has 32 heavy (non-hydrogen) atoms. The fourth-order valence-corrected chi connectivity index (χ4v) is 3.29. The molecule has 2 heterocycles. The number of nitrogens with one attached hydrogen (secondary N) is 1. The molecule has 0 unspecified atom stereocenters. The van der Waals surface area contributed by atoms with Crippen molar-refractivity contribution in [1.29, 1.82) is 0 Å². The van der Waals surface area contributed by atoms with E-state index in [1.165, 1.54) is 0 Å². The van der Waals surface area contributed by atoms with Crippen LogP contribution in [0.3, 0.4) is 0 Å². The smallest absolute Gasteiger partial charge is 0.433 e. The summed E-state index contributed by atoms with van der Waals surface area (Å²) in [5.41, 5.74) is -0.992. The van der Waals surface area contributed by atoms with Crippen LogP contribution in [0.1, 0.15) is 18.5 Å². The lowest BCUT2D eigenvalue weighted by Gasteiger charge is -2.31. The van der Waals surface area contributed by atoms with Gasteiger partial charge in [-0.05, 0) is 43.2 Å². The van der Waals surface area contributed by atoms with Gasteiger partial charge in [0.2, 0.25) is 11.9 Å². The SMILES string of the molecule is COc1ccc(OC[C@@H](O)CNC(=O)C2CCN(c3nccc(C(F)(F)F)n3)CC2)cc1. The highest BCUT2D eigenvalue weighted by Gasteiger charge is 2.34. The summed E-state index contributed by atoms with van der Waals surface area (Å²) in [6.07, 6.45) is -3.44. The largest absolute Gasteiger partial charge is 0.497 e. The Hall–Kier alpha value is -3.08. The minimum absolute atomic E-state index is 0.00443. The summed E-state index contributed by atoms with van der Waals surface area (Å²) in [6, 6.07) is 7.73. The minimum atomic E-state index is -4.53. The van der Waals surface area contributed by atoms with Crippen molar-refractivity contribution < 1.29 is 32.5 Å². The number of carbonyl (C=O) groups excluding carboxylic acids is 1. The number of piperidine rings is 1. The van der Waals surface area contributed by atoms with Gasteiger partial charge < -0.3 is 24.8 Å². The van der Waals surface area contributed by atoms with Crippen molar-refractivity contribution in [1.82, 2.24) is 15.3 Å². The number of methoxy groups -OCH3 is 1. The summed E-state index contributed by atoms with van der Waals surface area (Å²) in [4.78, 5) is 21.5. The molecule has 0 radical (unpaired) electrons. The number of aliphatic hydroxyl groups excluding tert-OH is 1. The van der Waals surface area contributed by atoms with Gasteiger partial charge in [-0.25, -0.2) is 9.97 Å². The van der Waals surface area contributed by atoms with Gasteiger partial charge in [0.15, 0.2) is 0 Å². The maximum Gasteiger partial charge on any atom is 0.433 e. The number of aliphatic hydroxyl groups is 1. The van der Waals surface area contributed by atoms with Crippen LogP contribution >= 0.6 is 0 Å². The molecule has 1 saturated heterocycles. The number of anilines is 1. The maximum atomic E-state index is 12.8. The molecule has 3 rings (SSSR count). The molecule has 2 N–H and O–H groups in total. The molecular formula is C21H25F3N4O4. The van der Waals surface area contributed by atoms with Crippen LogP contribution in [0.5, 0.6) is 11.5 Å². The third-order valence-electron chi connectivity index (χ3n) is 5.10. The fourth-order valence-electron chi connectivity index (χ4n) is 3.29. The molecule has 1 aromatic heterocycles. The molecule has 1 aromatic carbocycles. The van der Waals surface area contributed by atoms with Crippen LogP contribution in [0.25, 0.3) is 0 Å². The molecule has 2 aromatic rings. The quantitative estimate of drug-likeness (QED) is 0.632. The van der Waals surface area contributed by atoms with Crippen molar-refractivity contribution >= 4 is 11.9 Å². The average Bonchev–Trinajstić information content (AvgIpc) is 2.81.